The van der Waals surface area contributed by atoms with E-state index in [0.29, 0.717) is 6.42 Å². The van der Waals surface area contributed by atoms with Crippen molar-refractivity contribution in [3.05, 3.63) is 60.6 Å². The van der Waals surface area contributed by atoms with Crippen molar-refractivity contribution in [1.29, 1.82) is 0 Å². The van der Waals surface area contributed by atoms with Gasteiger partial charge < -0.3 is 10.4 Å². The minimum absolute atomic E-state index is 0.0224. The molecule has 6 nitrogen and oxygen atoms in total. The number of rotatable bonds is 6. The zero-order valence-electron chi connectivity index (χ0n) is 14.5. The molecule has 1 aliphatic carbocycles. The maximum atomic E-state index is 12.6. The molecular weight excluding hydrogens is 328 g/mol. The fourth-order valence-electron chi connectivity index (χ4n) is 3.53. The number of amides is 1. The van der Waals surface area contributed by atoms with Gasteiger partial charge in [0.25, 0.3) is 0 Å². The average Bonchev–Trinajstić information content (AvgIpc) is 3.01. The second-order valence-corrected chi connectivity index (χ2v) is 6.97. The van der Waals surface area contributed by atoms with Gasteiger partial charge in [-0.1, -0.05) is 24.3 Å². The van der Waals surface area contributed by atoms with E-state index in [0.717, 1.165) is 29.4 Å². The van der Waals surface area contributed by atoms with E-state index in [4.69, 9.17) is 0 Å². The first-order valence-corrected chi connectivity index (χ1v) is 8.97. The van der Waals surface area contributed by atoms with Crippen LogP contribution in [0, 0.1) is 5.92 Å². The Bertz CT molecular complexity index is 854. The Labute approximate surface area is 151 Å². The molecule has 6 heteroatoms. The maximum absolute atomic E-state index is 12.6. The largest absolute Gasteiger partial charge is 0.393 e. The molecular formula is C20H22N4O2. The first-order chi connectivity index (χ1) is 12.7. The second-order valence-electron chi connectivity index (χ2n) is 6.97. The first-order valence-electron chi connectivity index (χ1n) is 8.97. The van der Waals surface area contributed by atoms with Gasteiger partial charge in [-0.15, -0.1) is 0 Å². The lowest BCUT2D eigenvalue weighted by Gasteiger charge is -2.38. The van der Waals surface area contributed by atoms with Gasteiger partial charge in [-0.3, -0.25) is 14.5 Å². The van der Waals surface area contributed by atoms with Crippen molar-refractivity contribution in [2.45, 2.75) is 38.0 Å². The predicted octanol–water partition coefficient (Wildman–Crippen LogP) is 1.93. The fourth-order valence-corrected chi connectivity index (χ4v) is 3.53. The van der Waals surface area contributed by atoms with E-state index in [2.05, 4.69) is 15.4 Å². The van der Waals surface area contributed by atoms with Gasteiger partial charge in [0.15, 0.2) is 0 Å². The quantitative estimate of drug-likeness (QED) is 0.712. The summed E-state index contributed by atoms with van der Waals surface area (Å²) in [5.41, 5.74) is 1.83. The van der Waals surface area contributed by atoms with Crippen molar-refractivity contribution >= 4 is 16.8 Å². The van der Waals surface area contributed by atoms with E-state index in [1.807, 2.05) is 48.7 Å². The lowest BCUT2D eigenvalue weighted by Crippen LogP contribution is -2.49. The summed E-state index contributed by atoms with van der Waals surface area (Å²) in [7, 11) is 0. The molecule has 1 saturated carbocycles. The van der Waals surface area contributed by atoms with Gasteiger partial charge in [-0.05, 0) is 37.0 Å². The van der Waals surface area contributed by atoms with Gasteiger partial charge >= 0.3 is 0 Å². The van der Waals surface area contributed by atoms with Crippen LogP contribution in [0.15, 0.2) is 54.9 Å². The number of aliphatic hydroxyl groups excluding tert-OH is 1. The molecule has 26 heavy (non-hydrogen) atoms. The molecule has 134 valence electrons. The highest BCUT2D eigenvalue weighted by Crippen LogP contribution is 2.31. The lowest BCUT2D eigenvalue weighted by atomic mass is 9.76. The Morgan fingerprint density at radius 3 is 2.77 bits per heavy atom. The Kier molecular flexibility index (Phi) is 4.67. The van der Waals surface area contributed by atoms with Crippen LogP contribution in [0.3, 0.4) is 0 Å². The minimum Gasteiger partial charge on any atom is -0.393 e. The Hall–Kier alpha value is -2.73. The van der Waals surface area contributed by atoms with Crippen molar-refractivity contribution < 1.29 is 9.90 Å². The average molecular weight is 350 g/mol. The minimum atomic E-state index is -0.250. The van der Waals surface area contributed by atoms with Crippen LogP contribution < -0.4 is 5.32 Å². The highest BCUT2D eigenvalue weighted by atomic mass is 16.3. The van der Waals surface area contributed by atoms with Gasteiger partial charge in [0.2, 0.25) is 5.91 Å². The molecule has 2 aromatic heterocycles. The molecule has 2 N–H and O–H groups in total. The third-order valence-corrected chi connectivity index (χ3v) is 4.99. The number of nitrogens with zero attached hydrogens (tertiary/aromatic N) is 3. The molecule has 0 saturated heterocycles. The molecule has 1 fully saturated rings. The zero-order valence-corrected chi connectivity index (χ0v) is 14.5. The van der Waals surface area contributed by atoms with Gasteiger partial charge in [0.1, 0.15) is 6.54 Å². The number of aliphatic hydroxyl groups is 1. The molecule has 0 spiro atoms. The standard InChI is InChI=1S/C20H22N4O2/c25-17-9-15(10-17)19(11-16-6-3-4-8-21-16)22-20(26)13-24-12-14-5-1-2-7-18(14)23-24/h1-8,12,15,17,19,25H,9-11,13H2,(H,22,26)/t15?,17?,19-/m1/s1. The highest BCUT2D eigenvalue weighted by Gasteiger charge is 2.35. The van der Waals surface area contributed by atoms with Crippen LogP contribution >= 0.6 is 0 Å². The Balaban J connectivity index is 1.43. The molecule has 1 aliphatic rings. The normalized spacial score (nSPS) is 20.5. The summed E-state index contributed by atoms with van der Waals surface area (Å²) in [5.74, 6) is 0.216. The fraction of sp³-hybridized carbons (Fsp3) is 0.350. The molecule has 0 aliphatic heterocycles. The maximum Gasteiger partial charge on any atom is 0.241 e. The first kappa shape index (κ1) is 16.7. The van der Waals surface area contributed by atoms with Crippen LogP contribution in [0.1, 0.15) is 18.5 Å². The number of hydrogen-bond acceptors (Lipinski definition) is 4. The molecule has 4 rings (SSSR count). The van der Waals surface area contributed by atoms with Crippen LogP contribution in [0.2, 0.25) is 0 Å². The van der Waals surface area contributed by atoms with E-state index in [9.17, 15) is 9.90 Å². The van der Waals surface area contributed by atoms with Crippen molar-refractivity contribution in [2.24, 2.45) is 5.92 Å². The summed E-state index contributed by atoms with van der Waals surface area (Å²) in [6, 6.07) is 13.6. The monoisotopic (exact) mass is 350 g/mol. The summed E-state index contributed by atoms with van der Waals surface area (Å²) < 4.78 is 1.67. The van der Waals surface area contributed by atoms with Crippen molar-refractivity contribution in [1.82, 2.24) is 20.1 Å². The smallest absolute Gasteiger partial charge is 0.241 e. The summed E-state index contributed by atoms with van der Waals surface area (Å²) in [5, 5.41) is 18.2. The Morgan fingerprint density at radius 2 is 2.04 bits per heavy atom. The second kappa shape index (κ2) is 7.25. The summed E-state index contributed by atoms with van der Waals surface area (Å²) in [4.78, 5) is 16.9. The van der Waals surface area contributed by atoms with E-state index in [-0.39, 0.29) is 30.5 Å². The third-order valence-electron chi connectivity index (χ3n) is 4.99. The van der Waals surface area contributed by atoms with E-state index < -0.39 is 0 Å². The molecule has 2 heterocycles. The van der Waals surface area contributed by atoms with E-state index >= 15 is 0 Å². The number of carbonyl (C=O) groups is 1. The summed E-state index contributed by atoms with van der Waals surface area (Å²) in [6.45, 7) is 0.183. The molecule has 1 aromatic carbocycles. The number of hydrogen-bond donors (Lipinski definition) is 2. The molecule has 3 aromatic rings. The number of pyridine rings is 1. The predicted molar refractivity (Wildman–Crippen MR) is 98.3 cm³/mol. The highest BCUT2D eigenvalue weighted by molar-refractivity contribution is 5.80. The molecule has 0 bridgehead atoms. The van der Waals surface area contributed by atoms with E-state index in [1.165, 1.54) is 0 Å². The third kappa shape index (κ3) is 3.75. The SMILES string of the molecule is O=C(Cn1cc2ccccc2n1)N[C@H](Cc1ccccn1)C1CC(O)C1. The van der Waals surface area contributed by atoms with Crippen LogP contribution in [-0.2, 0) is 17.8 Å². The van der Waals surface area contributed by atoms with Crippen molar-refractivity contribution in [2.75, 3.05) is 0 Å². The molecule has 1 atom stereocenters. The van der Waals surface area contributed by atoms with Crippen molar-refractivity contribution in [3.63, 3.8) is 0 Å². The number of benzene rings is 1. The molecule has 0 unspecified atom stereocenters. The number of nitrogens with one attached hydrogen (secondary N) is 1. The van der Waals surface area contributed by atoms with E-state index in [1.54, 1.807) is 10.9 Å². The molecule has 0 radical (unpaired) electrons. The number of fused-ring (bicyclic) bond motifs is 1. The Morgan fingerprint density at radius 1 is 1.23 bits per heavy atom. The zero-order chi connectivity index (χ0) is 17.9. The number of aromatic nitrogens is 3. The van der Waals surface area contributed by atoms with Gasteiger partial charge in [-0.25, -0.2) is 0 Å². The van der Waals surface area contributed by atoms with Crippen LogP contribution in [0.5, 0.6) is 0 Å². The van der Waals surface area contributed by atoms with Gasteiger partial charge in [0.05, 0.1) is 11.6 Å². The lowest BCUT2D eigenvalue weighted by molar-refractivity contribution is -0.123. The van der Waals surface area contributed by atoms with Crippen LogP contribution in [0.25, 0.3) is 10.9 Å². The summed E-state index contributed by atoms with van der Waals surface area (Å²) in [6.07, 6.45) is 5.52. The summed E-state index contributed by atoms with van der Waals surface area (Å²) >= 11 is 0. The van der Waals surface area contributed by atoms with Gasteiger partial charge in [-0.2, -0.15) is 5.10 Å². The van der Waals surface area contributed by atoms with Gasteiger partial charge in [0, 0.05) is 35.9 Å². The van der Waals surface area contributed by atoms with Crippen molar-refractivity contribution in [3.8, 4) is 0 Å². The van der Waals surface area contributed by atoms with Crippen LogP contribution in [0.4, 0.5) is 0 Å². The number of carbonyl (C=O) groups excluding carboxylic acids is 1. The topological polar surface area (TPSA) is 80.0 Å². The molecule has 1 amide bonds. The van der Waals surface area contributed by atoms with Crippen LogP contribution in [-0.4, -0.2) is 37.9 Å².